The Balaban J connectivity index is 1.37. The number of rotatable bonds is 3. The van der Waals surface area contributed by atoms with Crippen molar-refractivity contribution in [3.05, 3.63) is 52.6 Å². The number of carbonyl (C=O) groups excluding carboxylic acids is 2. The molecular formula is C23H27ClN8O2. The van der Waals surface area contributed by atoms with Gasteiger partial charge in [0.15, 0.2) is 5.69 Å². The molecule has 3 aliphatic rings. The van der Waals surface area contributed by atoms with Gasteiger partial charge in [-0.05, 0) is 37.8 Å². The SMILES string of the molecule is [C-]#[N+]c1ccc(NC(=O)N2CCn3nc(C4CC(Cl)C5NNC(C)C5C4)c(C(N)=O)c3C2)cc1. The van der Waals surface area contributed by atoms with Gasteiger partial charge < -0.3 is 16.0 Å². The zero-order valence-corrected chi connectivity index (χ0v) is 19.5. The van der Waals surface area contributed by atoms with Crippen molar-refractivity contribution >= 4 is 34.9 Å². The van der Waals surface area contributed by atoms with E-state index in [0.717, 1.165) is 6.42 Å². The van der Waals surface area contributed by atoms with Gasteiger partial charge in [0.05, 0.1) is 42.0 Å². The number of aromatic nitrogens is 2. The van der Waals surface area contributed by atoms with Crippen LogP contribution in [0.1, 0.15) is 47.4 Å². The van der Waals surface area contributed by atoms with Crippen LogP contribution in [0.15, 0.2) is 24.3 Å². The number of primary amides is 1. The van der Waals surface area contributed by atoms with Gasteiger partial charge in [-0.1, -0.05) is 12.1 Å². The van der Waals surface area contributed by atoms with Gasteiger partial charge in [0.1, 0.15) is 0 Å². The number of anilines is 1. The Morgan fingerprint density at radius 1 is 1.24 bits per heavy atom. The molecule has 5 rings (SSSR count). The molecule has 0 spiro atoms. The minimum absolute atomic E-state index is 0.0248. The van der Waals surface area contributed by atoms with Crippen LogP contribution in [0.5, 0.6) is 0 Å². The first-order valence-electron chi connectivity index (χ1n) is 11.4. The molecule has 5 N–H and O–H groups in total. The molecule has 3 amide bonds. The second-order valence-corrected chi connectivity index (χ2v) is 9.82. The van der Waals surface area contributed by atoms with Crippen molar-refractivity contribution in [2.75, 3.05) is 11.9 Å². The third-order valence-corrected chi connectivity index (χ3v) is 7.66. The maximum atomic E-state index is 12.9. The predicted molar refractivity (Wildman–Crippen MR) is 128 cm³/mol. The number of amides is 3. The molecule has 1 saturated carbocycles. The second-order valence-electron chi connectivity index (χ2n) is 9.26. The molecule has 3 heterocycles. The molecule has 1 aromatic heterocycles. The van der Waals surface area contributed by atoms with E-state index in [-0.39, 0.29) is 36.0 Å². The largest absolute Gasteiger partial charge is 0.365 e. The van der Waals surface area contributed by atoms with Gasteiger partial charge in [-0.15, -0.1) is 11.6 Å². The fourth-order valence-electron chi connectivity index (χ4n) is 5.42. The van der Waals surface area contributed by atoms with E-state index in [4.69, 9.17) is 29.0 Å². The van der Waals surface area contributed by atoms with Crippen molar-refractivity contribution in [2.45, 2.75) is 56.2 Å². The van der Waals surface area contributed by atoms with Gasteiger partial charge in [-0.25, -0.2) is 9.64 Å². The van der Waals surface area contributed by atoms with E-state index in [1.54, 1.807) is 29.2 Å². The number of carbonyl (C=O) groups is 2. The molecule has 178 valence electrons. The number of hydrogen-bond donors (Lipinski definition) is 4. The van der Waals surface area contributed by atoms with Crippen LogP contribution in [-0.4, -0.2) is 50.6 Å². The minimum Gasteiger partial charge on any atom is -0.365 e. The molecular weight excluding hydrogens is 456 g/mol. The quantitative estimate of drug-likeness (QED) is 0.395. The van der Waals surface area contributed by atoms with Crippen molar-refractivity contribution in [3.8, 4) is 0 Å². The summed E-state index contributed by atoms with van der Waals surface area (Å²) in [6.07, 6.45) is 1.56. The summed E-state index contributed by atoms with van der Waals surface area (Å²) in [5, 5.41) is 7.57. The van der Waals surface area contributed by atoms with E-state index in [1.165, 1.54) is 0 Å². The summed E-state index contributed by atoms with van der Waals surface area (Å²) in [5.41, 5.74) is 15.3. The van der Waals surface area contributed by atoms with Crippen LogP contribution in [0.25, 0.3) is 4.85 Å². The van der Waals surface area contributed by atoms with Crippen molar-refractivity contribution in [2.24, 2.45) is 11.7 Å². The van der Waals surface area contributed by atoms with Gasteiger partial charge in [0.25, 0.3) is 5.91 Å². The monoisotopic (exact) mass is 482 g/mol. The highest BCUT2D eigenvalue weighted by molar-refractivity contribution is 6.21. The van der Waals surface area contributed by atoms with Crippen LogP contribution in [-0.2, 0) is 13.1 Å². The predicted octanol–water partition coefficient (Wildman–Crippen LogP) is 2.55. The van der Waals surface area contributed by atoms with E-state index in [9.17, 15) is 9.59 Å². The number of urea groups is 1. The Labute approximate surface area is 202 Å². The molecule has 1 saturated heterocycles. The number of benzene rings is 1. The van der Waals surface area contributed by atoms with E-state index in [0.29, 0.717) is 53.8 Å². The molecule has 2 fully saturated rings. The van der Waals surface area contributed by atoms with Crippen molar-refractivity contribution in [3.63, 3.8) is 0 Å². The number of nitrogens with one attached hydrogen (secondary N) is 3. The Hall–Kier alpha value is -3.13. The molecule has 0 radical (unpaired) electrons. The molecule has 2 aliphatic heterocycles. The summed E-state index contributed by atoms with van der Waals surface area (Å²) >= 11 is 6.72. The first-order valence-corrected chi connectivity index (χ1v) is 11.9. The van der Waals surface area contributed by atoms with Crippen LogP contribution in [0.2, 0.25) is 0 Å². The number of hydrazine groups is 1. The van der Waals surface area contributed by atoms with Gasteiger partial charge in [0, 0.05) is 30.2 Å². The third-order valence-electron chi connectivity index (χ3n) is 7.21. The number of nitrogens with zero attached hydrogens (tertiary/aromatic N) is 4. The first kappa shape index (κ1) is 22.7. The summed E-state index contributed by atoms with van der Waals surface area (Å²) in [6.45, 7) is 10.3. The van der Waals surface area contributed by atoms with Crippen LogP contribution in [0.4, 0.5) is 16.2 Å². The second kappa shape index (κ2) is 8.91. The highest BCUT2D eigenvalue weighted by Gasteiger charge is 2.45. The highest BCUT2D eigenvalue weighted by Crippen LogP contribution is 2.43. The molecule has 5 unspecified atom stereocenters. The van der Waals surface area contributed by atoms with Crippen molar-refractivity contribution in [1.82, 2.24) is 25.5 Å². The molecule has 11 heteroatoms. The Morgan fingerprint density at radius 3 is 2.71 bits per heavy atom. The smallest absolute Gasteiger partial charge is 0.322 e. The van der Waals surface area contributed by atoms with Gasteiger partial charge in [0.2, 0.25) is 0 Å². The lowest BCUT2D eigenvalue weighted by atomic mass is 9.74. The lowest BCUT2D eigenvalue weighted by Gasteiger charge is -2.35. The normalized spacial score (nSPS) is 28.0. The van der Waals surface area contributed by atoms with Crippen molar-refractivity contribution in [1.29, 1.82) is 0 Å². The Kier molecular flexibility index (Phi) is 5.93. The zero-order valence-electron chi connectivity index (χ0n) is 18.8. The Bertz CT molecular complexity index is 1160. The fraction of sp³-hybridized carbons (Fsp3) is 0.478. The molecule has 1 aliphatic carbocycles. The molecule has 10 nitrogen and oxygen atoms in total. The van der Waals surface area contributed by atoms with Crippen molar-refractivity contribution < 1.29 is 9.59 Å². The minimum atomic E-state index is -0.530. The number of alkyl halides is 1. The lowest BCUT2D eigenvalue weighted by Crippen LogP contribution is -2.43. The van der Waals surface area contributed by atoms with Gasteiger partial charge >= 0.3 is 6.03 Å². The average Bonchev–Trinajstić information content (AvgIpc) is 3.40. The third kappa shape index (κ3) is 4.00. The summed E-state index contributed by atoms with van der Waals surface area (Å²) in [7, 11) is 0. The van der Waals surface area contributed by atoms with E-state index >= 15 is 0 Å². The summed E-state index contributed by atoms with van der Waals surface area (Å²) < 4.78 is 1.81. The van der Waals surface area contributed by atoms with Crippen LogP contribution >= 0.6 is 11.6 Å². The summed E-state index contributed by atoms with van der Waals surface area (Å²) in [5.74, 6) is -0.175. The standard InChI is InChI=1S/C23H27ClN8O2/c1-12-16-9-13(10-17(24)21(16)29-28-12)20-19(22(25)33)18-11-31(7-8-32(18)30-20)23(34)27-15-5-3-14(26-2)4-6-15/h3-6,12-13,16-17,21,28-29H,7-11H2,1H3,(H2,25,33)(H,27,34). The van der Waals surface area contributed by atoms with E-state index in [2.05, 4.69) is 27.9 Å². The van der Waals surface area contributed by atoms with Gasteiger partial charge in [-0.3, -0.25) is 20.3 Å². The molecule has 0 bridgehead atoms. The lowest BCUT2D eigenvalue weighted by molar-refractivity contribution is 0.0995. The zero-order chi connectivity index (χ0) is 24.0. The van der Waals surface area contributed by atoms with Gasteiger partial charge in [-0.2, -0.15) is 5.10 Å². The molecule has 5 atom stereocenters. The molecule has 2 aromatic rings. The van der Waals surface area contributed by atoms with E-state index in [1.807, 2.05) is 4.68 Å². The van der Waals surface area contributed by atoms with Crippen LogP contribution in [0.3, 0.4) is 0 Å². The molecule has 1 aromatic carbocycles. The fourth-order valence-corrected chi connectivity index (χ4v) is 5.88. The van der Waals surface area contributed by atoms with E-state index < -0.39 is 5.91 Å². The topological polar surface area (TPSA) is 122 Å². The summed E-state index contributed by atoms with van der Waals surface area (Å²) in [4.78, 5) is 30.5. The first-order chi connectivity index (χ1) is 16.4. The average molecular weight is 483 g/mol. The Morgan fingerprint density at radius 2 is 2.00 bits per heavy atom. The maximum absolute atomic E-state index is 12.9. The highest BCUT2D eigenvalue weighted by atomic mass is 35.5. The number of fused-ring (bicyclic) bond motifs is 2. The maximum Gasteiger partial charge on any atom is 0.322 e. The van der Waals surface area contributed by atoms with Crippen LogP contribution in [0, 0.1) is 12.5 Å². The van der Waals surface area contributed by atoms with Crippen LogP contribution < -0.4 is 21.9 Å². The number of nitrogens with two attached hydrogens (primary N) is 1. The number of hydrogen-bond acceptors (Lipinski definition) is 5. The number of halogens is 1. The molecule has 34 heavy (non-hydrogen) atoms. The summed E-state index contributed by atoms with van der Waals surface area (Å²) in [6, 6.07) is 6.87.